The van der Waals surface area contributed by atoms with Crippen LogP contribution in [0, 0.1) is 0 Å². The average molecular weight is 267 g/mol. The molecule has 0 aliphatic rings. The molecule has 0 radical (unpaired) electrons. The number of nitrogens with zero attached hydrogens (tertiary/aromatic N) is 2. The van der Waals surface area contributed by atoms with Crippen molar-refractivity contribution in [2.75, 3.05) is 5.73 Å². The fraction of sp³-hybridized carbons (Fsp3) is 0. The van der Waals surface area contributed by atoms with Crippen LogP contribution in [0.3, 0.4) is 0 Å². The summed E-state index contributed by atoms with van der Waals surface area (Å²) in [4.78, 5) is 12.4. The lowest BCUT2D eigenvalue weighted by Gasteiger charge is -2.03. The van der Waals surface area contributed by atoms with Crippen molar-refractivity contribution >= 4 is 5.69 Å². The van der Waals surface area contributed by atoms with E-state index in [4.69, 9.17) is 5.73 Å². The third kappa shape index (κ3) is 2.05. The van der Waals surface area contributed by atoms with Crippen molar-refractivity contribution in [1.82, 2.24) is 9.13 Å². The Balaban J connectivity index is 2.07. The molecule has 0 saturated carbocycles. The monoisotopic (exact) mass is 267 g/mol. The van der Waals surface area contributed by atoms with E-state index in [0.717, 1.165) is 5.69 Å². The first-order valence-corrected chi connectivity index (χ1v) is 6.10. The van der Waals surface area contributed by atoms with Crippen molar-refractivity contribution in [3.05, 3.63) is 71.4 Å². The van der Waals surface area contributed by atoms with Gasteiger partial charge in [-0.05, 0) is 48.5 Å². The number of imidazole rings is 1. The molecule has 100 valence electrons. The van der Waals surface area contributed by atoms with Gasteiger partial charge in [-0.1, -0.05) is 0 Å². The van der Waals surface area contributed by atoms with Crippen molar-refractivity contribution in [1.29, 1.82) is 0 Å². The molecule has 0 amide bonds. The van der Waals surface area contributed by atoms with Gasteiger partial charge >= 0.3 is 5.69 Å². The van der Waals surface area contributed by atoms with Crippen LogP contribution < -0.4 is 11.4 Å². The SMILES string of the molecule is Nc1ccc(-n2ccn(-c3ccc(O)cc3)c2=O)cc1. The van der Waals surface area contributed by atoms with E-state index in [2.05, 4.69) is 0 Å². The van der Waals surface area contributed by atoms with Crippen LogP contribution in [0.5, 0.6) is 5.75 Å². The second kappa shape index (κ2) is 4.62. The van der Waals surface area contributed by atoms with Crippen LogP contribution in [-0.4, -0.2) is 14.2 Å². The Hall–Kier alpha value is -2.95. The Morgan fingerprint density at radius 2 is 1.25 bits per heavy atom. The minimum atomic E-state index is -0.180. The van der Waals surface area contributed by atoms with E-state index in [9.17, 15) is 9.90 Å². The zero-order valence-corrected chi connectivity index (χ0v) is 10.6. The molecule has 2 aromatic carbocycles. The number of anilines is 1. The molecule has 1 aromatic heterocycles. The van der Waals surface area contributed by atoms with E-state index < -0.39 is 0 Å². The van der Waals surface area contributed by atoms with Crippen molar-refractivity contribution in [2.24, 2.45) is 0 Å². The van der Waals surface area contributed by atoms with Gasteiger partial charge in [0, 0.05) is 18.1 Å². The molecule has 5 heteroatoms. The number of nitrogen functional groups attached to an aromatic ring is 1. The van der Waals surface area contributed by atoms with Gasteiger partial charge in [0.25, 0.3) is 0 Å². The zero-order chi connectivity index (χ0) is 14.1. The summed E-state index contributed by atoms with van der Waals surface area (Å²) < 4.78 is 3.04. The first kappa shape index (κ1) is 12.1. The molecule has 1 heterocycles. The number of hydrogen-bond donors (Lipinski definition) is 2. The van der Waals surface area contributed by atoms with Crippen LogP contribution in [-0.2, 0) is 0 Å². The topological polar surface area (TPSA) is 73.2 Å². The molecule has 0 spiro atoms. The molecule has 0 unspecified atom stereocenters. The quantitative estimate of drug-likeness (QED) is 0.697. The fourth-order valence-corrected chi connectivity index (χ4v) is 2.02. The summed E-state index contributed by atoms with van der Waals surface area (Å²) in [6.07, 6.45) is 3.38. The highest BCUT2D eigenvalue weighted by atomic mass is 16.3. The molecule has 5 nitrogen and oxygen atoms in total. The van der Waals surface area contributed by atoms with Gasteiger partial charge in [-0.2, -0.15) is 0 Å². The lowest BCUT2D eigenvalue weighted by Crippen LogP contribution is -2.21. The first-order valence-electron chi connectivity index (χ1n) is 6.10. The number of hydrogen-bond acceptors (Lipinski definition) is 3. The maximum Gasteiger partial charge on any atom is 0.337 e. The number of phenolic OH excluding ortho intramolecular Hbond substituents is 1. The van der Waals surface area contributed by atoms with Gasteiger partial charge < -0.3 is 10.8 Å². The Bertz CT molecular complexity index is 717. The molecule has 20 heavy (non-hydrogen) atoms. The Morgan fingerprint density at radius 3 is 1.75 bits per heavy atom. The summed E-state index contributed by atoms with van der Waals surface area (Å²) in [5, 5.41) is 9.28. The number of aromatic hydroxyl groups is 1. The Kier molecular flexibility index (Phi) is 2.80. The standard InChI is InChI=1S/C15H13N3O2/c16-11-1-3-12(4-2-11)17-9-10-18(15(17)20)13-5-7-14(19)8-6-13/h1-10,19H,16H2. The molecule has 0 saturated heterocycles. The van der Waals surface area contributed by atoms with E-state index in [1.807, 2.05) is 0 Å². The van der Waals surface area contributed by atoms with Crippen LogP contribution in [0.1, 0.15) is 0 Å². The highest BCUT2D eigenvalue weighted by Gasteiger charge is 2.06. The molecule has 0 aliphatic carbocycles. The zero-order valence-electron chi connectivity index (χ0n) is 10.6. The van der Waals surface area contributed by atoms with Gasteiger partial charge in [0.1, 0.15) is 5.75 Å². The number of benzene rings is 2. The second-order valence-electron chi connectivity index (χ2n) is 4.43. The summed E-state index contributed by atoms with van der Waals surface area (Å²) in [6, 6.07) is 13.5. The molecular weight excluding hydrogens is 254 g/mol. The second-order valence-corrected chi connectivity index (χ2v) is 4.43. The van der Waals surface area contributed by atoms with E-state index in [1.165, 1.54) is 9.13 Å². The summed E-state index contributed by atoms with van der Waals surface area (Å²) in [6.45, 7) is 0. The van der Waals surface area contributed by atoms with Crippen molar-refractivity contribution in [2.45, 2.75) is 0 Å². The molecule has 3 rings (SSSR count). The fourth-order valence-electron chi connectivity index (χ4n) is 2.02. The summed E-state index contributed by atoms with van der Waals surface area (Å²) in [7, 11) is 0. The van der Waals surface area contributed by atoms with Crippen LogP contribution >= 0.6 is 0 Å². The average Bonchev–Trinajstić information content (AvgIpc) is 2.83. The lowest BCUT2D eigenvalue weighted by molar-refractivity contribution is 0.475. The van der Waals surface area contributed by atoms with E-state index in [1.54, 1.807) is 60.9 Å². The smallest absolute Gasteiger partial charge is 0.337 e. The van der Waals surface area contributed by atoms with Crippen LogP contribution in [0.2, 0.25) is 0 Å². The maximum atomic E-state index is 12.4. The number of phenols is 1. The van der Waals surface area contributed by atoms with Crippen LogP contribution in [0.25, 0.3) is 11.4 Å². The van der Waals surface area contributed by atoms with Gasteiger partial charge in [-0.15, -0.1) is 0 Å². The number of nitrogens with two attached hydrogens (primary N) is 1. The lowest BCUT2D eigenvalue weighted by atomic mass is 10.3. The molecule has 3 N–H and O–H groups in total. The van der Waals surface area contributed by atoms with Crippen molar-refractivity contribution in [3.8, 4) is 17.1 Å². The van der Waals surface area contributed by atoms with Gasteiger partial charge in [0.05, 0.1) is 11.4 Å². The Morgan fingerprint density at radius 1 is 0.800 bits per heavy atom. The molecule has 0 fully saturated rings. The van der Waals surface area contributed by atoms with Gasteiger partial charge in [0.2, 0.25) is 0 Å². The highest BCUT2D eigenvalue weighted by Crippen LogP contribution is 2.13. The first-order chi connectivity index (χ1) is 9.65. The molecule has 3 aromatic rings. The summed E-state index contributed by atoms with van der Waals surface area (Å²) in [5.74, 6) is 0.166. The molecule has 0 bridgehead atoms. The predicted octanol–water partition coefficient (Wildman–Crippen LogP) is 1.92. The van der Waals surface area contributed by atoms with Gasteiger partial charge in [-0.3, -0.25) is 9.13 Å². The van der Waals surface area contributed by atoms with E-state index in [0.29, 0.717) is 11.4 Å². The largest absolute Gasteiger partial charge is 0.508 e. The summed E-state index contributed by atoms with van der Waals surface area (Å²) >= 11 is 0. The van der Waals surface area contributed by atoms with Crippen molar-refractivity contribution < 1.29 is 5.11 Å². The van der Waals surface area contributed by atoms with E-state index >= 15 is 0 Å². The third-order valence-corrected chi connectivity index (χ3v) is 3.08. The molecule has 0 atom stereocenters. The van der Waals surface area contributed by atoms with Gasteiger partial charge in [-0.25, -0.2) is 4.79 Å². The summed E-state index contributed by atoms with van der Waals surface area (Å²) in [5.41, 5.74) is 7.56. The highest BCUT2D eigenvalue weighted by molar-refractivity contribution is 5.45. The maximum absolute atomic E-state index is 12.4. The minimum Gasteiger partial charge on any atom is -0.508 e. The van der Waals surface area contributed by atoms with Gasteiger partial charge in [0.15, 0.2) is 0 Å². The normalized spacial score (nSPS) is 10.6. The number of rotatable bonds is 2. The van der Waals surface area contributed by atoms with Crippen LogP contribution in [0.15, 0.2) is 65.7 Å². The molecule has 0 aliphatic heterocycles. The Labute approximate surface area is 115 Å². The van der Waals surface area contributed by atoms with E-state index in [-0.39, 0.29) is 11.4 Å². The van der Waals surface area contributed by atoms with Crippen LogP contribution in [0.4, 0.5) is 5.69 Å². The van der Waals surface area contributed by atoms with Crippen molar-refractivity contribution in [3.63, 3.8) is 0 Å². The minimum absolute atomic E-state index is 0.166. The third-order valence-electron chi connectivity index (χ3n) is 3.08. The predicted molar refractivity (Wildman–Crippen MR) is 77.4 cm³/mol. The number of aromatic nitrogens is 2. The molecular formula is C15H13N3O2.